The van der Waals surface area contributed by atoms with Crippen molar-refractivity contribution >= 4 is 28.4 Å². The van der Waals surface area contributed by atoms with E-state index in [1.165, 1.54) is 0 Å². The second kappa shape index (κ2) is 7.71. The Morgan fingerprint density at radius 2 is 1.96 bits per heavy atom. The molecule has 0 saturated carbocycles. The molecule has 3 aromatic rings. The minimum Gasteiger partial charge on any atom is -0.281 e. The molecule has 3 heterocycles. The minimum absolute atomic E-state index is 0.732. The van der Waals surface area contributed by atoms with Gasteiger partial charge in [-0.1, -0.05) is 41.6 Å². The second-order valence-corrected chi connectivity index (χ2v) is 7.92. The fourth-order valence-corrected chi connectivity index (χ4v) is 4.17. The van der Waals surface area contributed by atoms with Crippen molar-refractivity contribution in [1.82, 2.24) is 15.0 Å². The van der Waals surface area contributed by atoms with Crippen LogP contribution in [0.3, 0.4) is 0 Å². The van der Waals surface area contributed by atoms with Crippen LogP contribution in [0.5, 0.6) is 0 Å². The van der Waals surface area contributed by atoms with Crippen LogP contribution in [-0.4, -0.2) is 25.9 Å². The van der Waals surface area contributed by atoms with Gasteiger partial charge in [-0.15, -0.1) is 0 Å². The highest BCUT2D eigenvalue weighted by molar-refractivity contribution is 8.14. The standard InChI is InChI=1S/C21H19ClN4S/c1-14-8-16(11-24-20(14)17-6-7-23-15(2)9-17)12-26-13-27-21(25-26)18-4-3-5-19(22)10-18/h3-11H,12-13H2,1-2H3. The first-order valence-electron chi connectivity index (χ1n) is 8.69. The summed E-state index contributed by atoms with van der Waals surface area (Å²) in [5.74, 6) is 0.826. The Labute approximate surface area is 168 Å². The molecule has 0 radical (unpaired) electrons. The minimum atomic E-state index is 0.732. The lowest BCUT2D eigenvalue weighted by Crippen LogP contribution is -2.12. The van der Waals surface area contributed by atoms with Gasteiger partial charge in [-0.05, 0) is 49.2 Å². The summed E-state index contributed by atoms with van der Waals surface area (Å²) in [6.07, 6.45) is 3.77. The van der Waals surface area contributed by atoms with Gasteiger partial charge in [-0.3, -0.25) is 15.0 Å². The lowest BCUT2D eigenvalue weighted by atomic mass is 10.1. The number of hydrazone groups is 1. The zero-order valence-corrected chi connectivity index (χ0v) is 16.8. The summed E-state index contributed by atoms with van der Waals surface area (Å²) in [5.41, 5.74) is 6.47. The number of rotatable bonds is 4. The van der Waals surface area contributed by atoms with E-state index in [1.54, 1.807) is 11.8 Å². The third kappa shape index (κ3) is 4.15. The van der Waals surface area contributed by atoms with Crippen molar-refractivity contribution in [2.45, 2.75) is 20.4 Å². The largest absolute Gasteiger partial charge is 0.281 e. The molecule has 0 bridgehead atoms. The van der Waals surface area contributed by atoms with E-state index in [1.807, 2.05) is 49.6 Å². The third-order valence-corrected chi connectivity index (χ3v) is 5.58. The van der Waals surface area contributed by atoms with Gasteiger partial charge in [0.2, 0.25) is 0 Å². The maximum Gasteiger partial charge on any atom is 0.125 e. The average molecular weight is 395 g/mol. The SMILES string of the molecule is Cc1cc(-c2ncc(CN3CSC(c4cccc(Cl)c4)=N3)cc2C)ccn1. The first kappa shape index (κ1) is 18.0. The predicted molar refractivity (Wildman–Crippen MR) is 113 cm³/mol. The molecule has 4 rings (SSSR count). The maximum atomic E-state index is 6.09. The molecule has 27 heavy (non-hydrogen) atoms. The Hall–Kier alpha value is -2.37. The molecule has 0 saturated heterocycles. The van der Waals surface area contributed by atoms with Crippen molar-refractivity contribution in [3.8, 4) is 11.3 Å². The molecule has 1 aromatic carbocycles. The van der Waals surface area contributed by atoms with Gasteiger partial charge in [-0.25, -0.2) is 0 Å². The van der Waals surface area contributed by atoms with Gasteiger partial charge in [0.1, 0.15) is 5.04 Å². The van der Waals surface area contributed by atoms with E-state index in [0.29, 0.717) is 0 Å². The molecule has 0 unspecified atom stereocenters. The van der Waals surface area contributed by atoms with E-state index in [4.69, 9.17) is 21.7 Å². The van der Waals surface area contributed by atoms with Gasteiger partial charge in [0.15, 0.2) is 0 Å². The fourth-order valence-electron chi connectivity index (χ4n) is 3.09. The number of thioether (sulfide) groups is 1. The zero-order chi connectivity index (χ0) is 18.8. The molecule has 0 N–H and O–H groups in total. The van der Waals surface area contributed by atoms with Crippen LogP contribution in [0.15, 0.2) is 60.0 Å². The van der Waals surface area contributed by atoms with E-state index in [-0.39, 0.29) is 0 Å². The van der Waals surface area contributed by atoms with Crippen molar-refractivity contribution < 1.29 is 0 Å². The van der Waals surface area contributed by atoms with Gasteiger partial charge >= 0.3 is 0 Å². The average Bonchev–Trinajstić information content (AvgIpc) is 3.10. The predicted octanol–water partition coefficient (Wildman–Crippen LogP) is 5.28. The Morgan fingerprint density at radius 1 is 1.07 bits per heavy atom. The molecule has 0 spiro atoms. The highest BCUT2D eigenvalue weighted by Gasteiger charge is 2.17. The van der Waals surface area contributed by atoms with E-state index in [0.717, 1.165) is 56.1 Å². The highest BCUT2D eigenvalue weighted by Crippen LogP contribution is 2.27. The molecule has 2 aromatic heterocycles. The molecule has 1 aliphatic rings. The smallest absolute Gasteiger partial charge is 0.125 e. The third-order valence-electron chi connectivity index (χ3n) is 4.32. The summed E-state index contributed by atoms with van der Waals surface area (Å²) >= 11 is 7.82. The van der Waals surface area contributed by atoms with Gasteiger partial charge in [0, 0.05) is 34.2 Å². The number of aryl methyl sites for hydroxylation is 2. The molecule has 136 valence electrons. The van der Waals surface area contributed by atoms with Crippen LogP contribution in [0.4, 0.5) is 0 Å². The molecule has 0 aliphatic carbocycles. The first-order chi connectivity index (χ1) is 13.1. The number of benzene rings is 1. The van der Waals surface area contributed by atoms with Gasteiger partial charge < -0.3 is 0 Å². The van der Waals surface area contributed by atoms with E-state index in [2.05, 4.69) is 29.0 Å². The van der Waals surface area contributed by atoms with Gasteiger partial charge in [-0.2, -0.15) is 5.10 Å². The van der Waals surface area contributed by atoms with Crippen LogP contribution in [0, 0.1) is 13.8 Å². The van der Waals surface area contributed by atoms with Crippen molar-refractivity contribution in [1.29, 1.82) is 0 Å². The van der Waals surface area contributed by atoms with E-state index in [9.17, 15) is 0 Å². The van der Waals surface area contributed by atoms with Crippen molar-refractivity contribution in [2.24, 2.45) is 5.10 Å². The van der Waals surface area contributed by atoms with E-state index >= 15 is 0 Å². The summed E-state index contributed by atoms with van der Waals surface area (Å²) in [5, 5.41) is 8.54. The lowest BCUT2D eigenvalue weighted by molar-refractivity contribution is 0.339. The summed E-state index contributed by atoms with van der Waals surface area (Å²) in [4.78, 5) is 8.95. The number of pyridine rings is 2. The number of halogens is 1. The summed E-state index contributed by atoms with van der Waals surface area (Å²) in [7, 11) is 0. The Balaban J connectivity index is 1.51. The molecule has 6 heteroatoms. The summed E-state index contributed by atoms with van der Waals surface area (Å²) in [6.45, 7) is 4.83. The van der Waals surface area contributed by atoms with Crippen LogP contribution in [-0.2, 0) is 6.54 Å². The Bertz CT molecular complexity index is 1020. The highest BCUT2D eigenvalue weighted by atomic mass is 35.5. The van der Waals surface area contributed by atoms with Crippen LogP contribution in [0.25, 0.3) is 11.3 Å². The molecule has 4 nitrogen and oxygen atoms in total. The normalized spacial score (nSPS) is 13.7. The fraction of sp³-hybridized carbons (Fsp3) is 0.190. The van der Waals surface area contributed by atoms with Crippen LogP contribution >= 0.6 is 23.4 Å². The van der Waals surface area contributed by atoms with Crippen molar-refractivity contribution in [2.75, 3.05) is 5.88 Å². The van der Waals surface area contributed by atoms with Crippen LogP contribution in [0.1, 0.15) is 22.4 Å². The zero-order valence-electron chi connectivity index (χ0n) is 15.2. The second-order valence-electron chi connectivity index (χ2n) is 6.55. The molecule has 1 aliphatic heterocycles. The number of hydrogen-bond donors (Lipinski definition) is 0. The molecular weight excluding hydrogens is 376 g/mol. The van der Waals surface area contributed by atoms with Gasteiger partial charge in [0.05, 0.1) is 18.1 Å². The summed E-state index contributed by atoms with van der Waals surface area (Å²) < 4.78 is 0. The number of hydrogen-bond acceptors (Lipinski definition) is 5. The maximum absolute atomic E-state index is 6.09. The summed E-state index contributed by atoms with van der Waals surface area (Å²) in [6, 6.07) is 14.1. The Kier molecular flexibility index (Phi) is 5.14. The van der Waals surface area contributed by atoms with Crippen LogP contribution in [0.2, 0.25) is 5.02 Å². The van der Waals surface area contributed by atoms with Gasteiger partial charge in [0.25, 0.3) is 0 Å². The monoisotopic (exact) mass is 394 g/mol. The van der Waals surface area contributed by atoms with Crippen LogP contribution < -0.4 is 0 Å². The lowest BCUT2D eigenvalue weighted by Gasteiger charge is -2.14. The number of aromatic nitrogens is 2. The van der Waals surface area contributed by atoms with E-state index < -0.39 is 0 Å². The quantitative estimate of drug-likeness (QED) is 0.603. The molecule has 0 amide bonds. The Morgan fingerprint density at radius 3 is 2.74 bits per heavy atom. The first-order valence-corrected chi connectivity index (χ1v) is 10.1. The molecule has 0 fully saturated rings. The topological polar surface area (TPSA) is 41.4 Å². The molecule has 0 atom stereocenters. The molecular formula is C21H19ClN4S. The number of nitrogens with zero attached hydrogens (tertiary/aromatic N) is 4. The van der Waals surface area contributed by atoms with Crippen molar-refractivity contribution in [3.63, 3.8) is 0 Å². The van der Waals surface area contributed by atoms with Crippen molar-refractivity contribution in [3.05, 3.63) is 82.3 Å².